The Kier molecular flexibility index (Phi) is 6.49. The topological polar surface area (TPSA) is 107 Å². The average Bonchev–Trinajstić information content (AvgIpc) is 2.60. The first kappa shape index (κ1) is 21.9. The van der Waals surface area contributed by atoms with Gasteiger partial charge >= 0.3 is 6.18 Å². The number of rotatable bonds is 7. The maximum atomic E-state index is 12.8. The van der Waals surface area contributed by atoms with Crippen LogP contribution in [0, 0.1) is 0 Å². The summed E-state index contributed by atoms with van der Waals surface area (Å²) in [5, 5.41) is 0. The van der Waals surface area contributed by atoms with Crippen LogP contribution in [0.25, 0.3) is 0 Å². The number of hydrogen-bond acceptors (Lipinski definition) is 7. The second-order valence-electron chi connectivity index (χ2n) is 5.24. The van der Waals surface area contributed by atoms with Crippen LogP contribution >= 0.6 is 15.9 Å². The van der Waals surface area contributed by atoms with Gasteiger partial charge in [-0.15, -0.1) is 0 Å². The Bertz CT molecular complexity index is 977. The molecule has 0 aliphatic rings. The first-order valence-corrected chi connectivity index (χ1v) is 9.78. The highest BCUT2D eigenvalue weighted by atomic mass is 79.9. The number of anilines is 1. The molecular weight excluding hydrogens is 471 g/mol. The molecule has 0 saturated heterocycles. The molecule has 1 aromatic carbocycles. The highest BCUT2D eigenvalue weighted by Crippen LogP contribution is 2.30. The number of halogens is 4. The van der Waals surface area contributed by atoms with Gasteiger partial charge in [0.1, 0.15) is 0 Å². The third-order valence-electron chi connectivity index (χ3n) is 3.17. The molecule has 13 heteroatoms. The van der Waals surface area contributed by atoms with Gasteiger partial charge in [0.2, 0.25) is 33.4 Å². The van der Waals surface area contributed by atoms with Crippen molar-refractivity contribution in [1.82, 2.24) is 9.97 Å². The zero-order valence-corrected chi connectivity index (χ0v) is 16.8. The van der Waals surface area contributed by atoms with Crippen LogP contribution in [0.3, 0.4) is 0 Å². The van der Waals surface area contributed by atoms with Gasteiger partial charge in [0.25, 0.3) is 0 Å². The SMILES string of the molecule is COc1cc(OC)nc(C(=O)c2cccc(Br)c2NS(=O)(=O)CC(F)(F)F)n1. The minimum absolute atomic E-state index is 0.00407. The fraction of sp³-hybridized carbons (Fsp3) is 0.267. The molecule has 0 radical (unpaired) electrons. The normalized spacial score (nSPS) is 11.8. The first-order chi connectivity index (χ1) is 13.0. The van der Waals surface area contributed by atoms with E-state index in [4.69, 9.17) is 9.47 Å². The maximum Gasteiger partial charge on any atom is 0.404 e. The molecule has 152 valence electrons. The van der Waals surface area contributed by atoms with Crippen molar-refractivity contribution < 1.29 is 35.9 Å². The van der Waals surface area contributed by atoms with Crippen LogP contribution in [0.15, 0.2) is 28.7 Å². The predicted octanol–water partition coefficient (Wildman–Crippen LogP) is 2.79. The van der Waals surface area contributed by atoms with E-state index in [-0.39, 0.29) is 27.5 Å². The maximum absolute atomic E-state index is 12.8. The number of aromatic nitrogens is 2. The molecule has 0 atom stereocenters. The summed E-state index contributed by atoms with van der Waals surface area (Å²) in [6, 6.07) is 5.28. The number of methoxy groups -OCH3 is 2. The van der Waals surface area contributed by atoms with Gasteiger partial charge in [-0.3, -0.25) is 9.52 Å². The van der Waals surface area contributed by atoms with Gasteiger partial charge in [-0.1, -0.05) is 6.07 Å². The van der Waals surface area contributed by atoms with Crippen LogP contribution in [-0.2, 0) is 10.0 Å². The van der Waals surface area contributed by atoms with Crippen molar-refractivity contribution in [3.05, 3.63) is 40.1 Å². The highest BCUT2D eigenvalue weighted by molar-refractivity contribution is 9.10. The molecule has 0 bridgehead atoms. The Labute approximate surface area is 166 Å². The smallest absolute Gasteiger partial charge is 0.404 e. The molecule has 0 amide bonds. The number of hydrogen-bond donors (Lipinski definition) is 1. The summed E-state index contributed by atoms with van der Waals surface area (Å²) >= 11 is 3.03. The van der Waals surface area contributed by atoms with Crippen molar-refractivity contribution >= 4 is 37.4 Å². The molecule has 28 heavy (non-hydrogen) atoms. The first-order valence-electron chi connectivity index (χ1n) is 7.33. The van der Waals surface area contributed by atoms with Crippen molar-refractivity contribution in [2.75, 3.05) is 24.7 Å². The van der Waals surface area contributed by atoms with Crippen molar-refractivity contribution in [3.8, 4) is 11.8 Å². The summed E-state index contributed by atoms with van der Waals surface area (Å²) in [7, 11) is -2.23. The third-order valence-corrected chi connectivity index (χ3v) is 5.05. The average molecular weight is 484 g/mol. The van der Waals surface area contributed by atoms with Gasteiger partial charge in [-0.25, -0.2) is 8.42 Å². The number of nitrogens with zero attached hydrogens (tertiary/aromatic N) is 2. The Hall–Kier alpha value is -2.41. The van der Waals surface area contributed by atoms with Gasteiger partial charge in [0, 0.05) is 4.47 Å². The lowest BCUT2D eigenvalue weighted by molar-refractivity contribution is -0.106. The summed E-state index contributed by atoms with van der Waals surface area (Å²) in [6.07, 6.45) is -4.96. The second kappa shape index (κ2) is 8.31. The number of ketones is 1. The Balaban J connectivity index is 2.50. The molecule has 0 aliphatic heterocycles. The second-order valence-corrected chi connectivity index (χ2v) is 7.82. The molecule has 2 rings (SSSR count). The van der Waals surface area contributed by atoms with Crippen molar-refractivity contribution in [2.45, 2.75) is 6.18 Å². The lowest BCUT2D eigenvalue weighted by Gasteiger charge is -2.15. The van der Waals surface area contributed by atoms with Crippen molar-refractivity contribution in [1.29, 1.82) is 0 Å². The largest absolute Gasteiger partial charge is 0.481 e. The molecule has 0 saturated carbocycles. The number of sulfonamides is 1. The molecule has 1 heterocycles. The van der Waals surface area contributed by atoms with Crippen LogP contribution < -0.4 is 14.2 Å². The van der Waals surface area contributed by atoms with E-state index in [0.717, 1.165) is 0 Å². The van der Waals surface area contributed by atoms with Gasteiger partial charge in [0.15, 0.2) is 5.75 Å². The van der Waals surface area contributed by atoms with Gasteiger partial charge < -0.3 is 9.47 Å². The summed E-state index contributed by atoms with van der Waals surface area (Å²) in [4.78, 5) is 20.5. The quantitative estimate of drug-likeness (QED) is 0.603. The minimum atomic E-state index is -4.96. The lowest BCUT2D eigenvalue weighted by Crippen LogP contribution is -2.28. The molecule has 0 fully saturated rings. The monoisotopic (exact) mass is 483 g/mol. The Morgan fingerprint density at radius 1 is 1.18 bits per heavy atom. The zero-order chi connectivity index (χ0) is 21.1. The van der Waals surface area contributed by atoms with Gasteiger partial charge in [0.05, 0.1) is 31.5 Å². The number of carbonyl (C=O) groups excluding carboxylic acids is 1. The van der Waals surface area contributed by atoms with Gasteiger partial charge in [-0.2, -0.15) is 23.1 Å². The number of ether oxygens (including phenoxy) is 2. The summed E-state index contributed by atoms with van der Waals surface area (Å²) in [5.74, 6) is -3.36. The van der Waals surface area contributed by atoms with Crippen LogP contribution in [0.5, 0.6) is 11.8 Å². The molecule has 2 aromatic rings. The summed E-state index contributed by atoms with van der Waals surface area (Å²) in [5.41, 5.74) is -0.641. The molecular formula is C15H13BrF3N3O5S. The number of nitrogens with one attached hydrogen (secondary N) is 1. The molecule has 8 nitrogen and oxygen atoms in total. The van der Waals surface area contributed by atoms with E-state index in [1.54, 1.807) is 4.72 Å². The number of benzene rings is 1. The van der Waals surface area contributed by atoms with E-state index >= 15 is 0 Å². The van der Waals surface area contributed by atoms with E-state index < -0.39 is 33.6 Å². The van der Waals surface area contributed by atoms with E-state index in [9.17, 15) is 26.4 Å². The third kappa shape index (κ3) is 5.55. The van der Waals surface area contributed by atoms with Crippen molar-refractivity contribution in [3.63, 3.8) is 0 Å². The van der Waals surface area contributed by atoms with Crippen LogP contribution in [0.4, 0.5) is 18.9 Å². The van der Waals surface area contributed by atoms with E-state index in [1.807, 2.05) is 0 Å². The van der Waals surface area contributed by atoms with E-state index in [1.165, 1.54) is 38.5 Å². The van der Waals surface area contributed by atoms with Crippen molar-refractivity contribution in [2.24, 2.45) is 0 Å². The van der Waals surface area contributed by atoms with Crippen LogP contribution in [0.2, 0.25) is 0 Å². The molecule has 0 unspecified atom stereocenters. The molecule has 1 aromatic heterocycles. The van der Waals surface area contributed by atoms with Crippen LogP contribution in [-0.4, -0.2) is 50.3 Å². The van der Waals surface area contributed by atoms with Gasteiger partial charge in [-0.05, 0) is 28.1 Å². The lowest BCUT2D eigenvalue weighted by atomic mass is 10.1. The predicted molar refractivity (Wildman–Crippen MR) is 96.2 cm³/mol. The summed E-state index contributed by atoms with van der Waals surface area (Å²) < 4.78 is 72.9. The standard InChI is InChI=1S/C15H13BrF3N3O5S/c1-26-10-6-11(27-2)21-14(20-10)13(23)8-4-3-5-9(16)12(8)22-28(24,25)7-15(17,18)19/h3-6,22H,7H2,1-2H3. The minimum Gasteiger partial charge on any atom is -0.481 e. The van der Waals surface area contributed by atoms with E-state index in [0.29, 0.717) is 0 Å². The van der Waals surface area contributed by atoms with E-state index in [2.05, 4.69) is 25.9 Å². The molecule has 0 spiro atoms. The molecule has 0 aliphatic carbocycles. The Morgan fingerprint density at radius 2 is 1.75 bits per heavy atom. The zero-order valence-electron chi connectivity index (χ0n) is 14.4. The molecule has 1 N–H and O–H groups in total. The summed E-state index contributed by atoms with van der Waals surface area (Å²) in [6.45, 7) is 0. The number of carbonyl (C=O) groups is 1. The number of para-hydroxylation sites is 1. The Morgan fingerprint density at radius 3 is 2.25 bits per heavy atom. The fourth-order valence-corrected chi connectivity index (χ4v) is 3.69. The fourth-order valence-electron chi connectivity index (χ4n) is 2.06. The van der Waals surface area contributed by atoms with Crippen LogP contribution in [0.1, 0.15) is 16.2 Å². The highest BCUT2D eigenvalue weighted by Gasteiger charge is 2.36. The number of alkyl halides is 3.